The van der Waals surface area contributed by atoms with Crippen molar-refractivity contribution in [1.29, 1.82) is 0 Å². The average Bonchev–Trinajstić information content (AvgIpc) is 3.13. The molecule has 0 aliphatic rings. The summed E-state index contributed by atoms with van der Waals surface area (Å²) in [5.74, 6) is 1.02. The third-order valence-corrected chi connectivity index (χ3v) is 5.14. The van der Waals surface area contributed by atoms with Crippen molar-refractivity contribution in [3.8, 4) is 17.2 Å². The first kappa shape index (κ1) is 18.3. The van der Waals surface area contributed by atoms with E-state index in [1.807, 2.05) is 61.5 Å². The largest absolute Gasteiger partial charge is 0.497 e. The minimum atomic E-state index is -0.185. The zero-order valence-electron chi connectivity index (χ0n) is 15.3. The van der Waals surface area contributed by atoms with Crippen molar-refractivity contribution in [3.63, 3.8) is 0 Å². The second-order valence-electron chi connectivity index (χ2n) is 6.32. The summed E-state index contributed by atoms with van der Waals surface area (Å²) in [6.45, 7) is 1.94. The van der Waals surface area contributed by atoms with Gasteiger partial charge in [-0.3, -0.25) is 4.79 Å². The number of benzene rings is 3. The Bertz CT molecular complexity index is 1180. The number of aromatic nitrogens is 1. The molecular formula is C22H17BrN2O3. The first-order chi connectivity index (χ1) is 13.5. The van der Waals surface area contributed by atoms with Gasteiger partial charge in [-0.2, -0.15) is 0 Å². The lowest BCUT2D eigenvalue weighted by molar-refractivity contribution is 0.102. The van der Waals surface area contributed by atoms with Crippen LogP contribution >= 0.6 is 15.9 Å². The van der Waals surface area contributed by atoms with Crippen molar-refractivity contribution in [3.05, 3.63) is 76.3 Å². The van der Waals surface area contributed by atoms with E-state index in [0.717, 1.165) is 21.3 Å². The molecule has 1 heterocycles. The Labute approximate surface area is 170 Å². The molecule has 1 N–H and O–H groups in total. The van der Waals surface area contributed by atoms with Gasteiger partial charge in [-0.1, -0.05) is 18.2 Å². The number of aryl methyl sites for hydroxylation is 1. The number of hydrogen-bond donors (Lipinski definition) is 1. The zero-order valence-corrected chi connectivity index (χ0v) is 16.9. The fourth-order valence-electron chi connectivity index (χ4n) is 2.88. The summed E-state index contributed by atoms with van der Waals surface area (Å²) in [6.07, 6.45) is 0. The Morgan fingerprint density at radius 1 is 1.11 bits per heavy atom. The van der Waals surface area contributed by atoms with Crippen LogP contribution in [0.1, 0.15) is 15.9 Å². The topological polar surface area (TPSA) is 64.4 Å². The number of carbonyl (C=O) groups excluding carboxylic acids is 1. The Morgan fingerprint density at radius 3 is 2.71 bits per heavy atom. The minimum absolute atomic E-state index is 0.185. The molecule has 0 aliphatic carbocycles. The maximum Gasteiger partial charge on any atom is 0.256 e. The van der Waals surface area contributed by atoms with E-state index in [4.69, 9.17) is 9.15 Å². The van der Waals surface area contributed by atoms with Gasteiger partial charge in [0.15, 0.2) is 5.58 Å². The van der Waals surface area contributed by atoms with Crippen molar-refractivity contribution in [2.24, 2.45) is 0 Å². The highest BCUT2D eigenvalue weighted by Gasteiger charge is 2.14. The molecule has 0 aliphatic heterocycles. The molecule has 0 unspecified atom stereocenters. The van der Waals surface area contributed by atoms with E-state index in [0.29, 0.717) is 28.2 Å². The first-order valence-corrected chi connectivity index (χ1v) is 9.46. The number of carbonyl (C=O) groups is 1. The molecule has 0 fully saturated rings. The number of anilines is 1. The van der Waals surface area contributed by atoms with Crippen LogP contribution in [0.25, 0.3) is 22.6 Å². The van der Waals surface area contributed by atoms with E-state index >= 15 is 0 Å². The number of methoxy groups -OCH3 is 1. The van der Waals surface area contributed by atoms with Gasteiger partial charge in [-0.25, -0.2) is 4.98 Å². The highest BCUT2D eigenvalue weighted by Crippen LogP contribution is 2.30. The fourth-order valence-corrected chi connectivity index (χ4v) is 3.35. The SMILES string of the molecule is COc1ccc2oc(-c3ccc(C)c(NC(=O)c4ccccc4Br)c3)nc2c1. The molecule has 1 aromatic heterocycles. The number of rotatable bonds is 4. The number of hydrogen-bond acceptors (Lipinski definition) is 4. The third kappa shape index (κ3) is 3.51. The van der Waals surface area contributed by atoms with Crippen LogP contribution in [0.2, 0.25) is 0 Å². The Balaban J connectivity index is 1.67. The first-order valence-electron chi connectivity index (χ1n) is 8.66. The Hall–Kier alpha value is -3.12. The minimum Gasteiger partial charge on any atom is -0.497 e. The molecule has 3 aromatic carbocycles. The van der Waals surface area contributed by atoms with Gasteiger partial charge in [-0.05, 0) is 64.8 Å². The standard InChI is InChI=1S/C22H17BrN2O3/c1-13-7-8-14(22-25-19-12-15(27-2)9-10-20(19)28-22)11-18(13)24-21(26)16-5-3-4-6-17(16)23/h3-12H,1-2H3,(H,24,26). The van der Waals surface area contributed by atoms with Gasteiger partial charge in [-0.15, -0.1) is 0 Å². The number of nitrogens with zero attached hydrogens (tertiary/aromatic N) is 1. The second kappa shape index (κ2) is 7.48. The number of ether oxygens (including phenoxy) is 1. The van der Waals surface area contributed by atoms with Crippen LogP contribution < -0.4 is 10.1 Å². The van der Waals surface area contributed by atoms with Crippen LogP contribution in [0.5, 0.6) is 5.75 Å². The summed E-state index contributed by atoms with van der Waals surface area (Å²) in [5.41, 5.74) is 4.40. The lowest BCUT2D eigenvalue weighted by atomic mass is 10.1. The number of nitrogens with one attached hydrogen (secondary N) is 1. The summed E-state index contributed by atoms with van der Waals surface area (Å²) in [7, 11) is 1.61. The van der Waals surface area contributed by atoms with Gasteiger partial charge in [0, 0.05) is 21.8 Å². The van der Waals surface area contributed by atoms with Gasteiger partial charge < -0.3 is 14.5 Å². The molecule has 0 saturated carbocycles. The molecule has 4 rings (SSSR count). The van der Waals surface area contributed by atoms with Crippen molar-refractivity contribution in [2.45, 2.75) is 6.92 Å². The lowest BCUT2D eigenvalue weighted by Crippen LogP contribution is -2.13. The quantitative estimate of drug-likeness (QED) is 0.437. The molecule has 1 amide bonds. The molecule has 0 radical (unpaired) electrons. The number of oxazole rings is 1. The van der Waals surface area contributed by atoms with Crippen molar-refractivity contribution < 1.29 is 13.9 Å². The molecule has 140 valence electrons. The van der Waals surface area contributed by atoms with Gasteiger partial charge in [0.1, 0.15) is 11.3 Å². The van der Waals surface area contributed by atoms with Crippen LogP contribution in [0.3, 0.4) is 0 Å². The van der Waals surface area contributed by atoms with Crippen molar-refractivity contribution in [2.75, 3.05) is 12.4 Å². The smallest absolute Gasteiger partial charge is 0.256 e. The Morgan fingerprint density at radius 2 is 1.93 bits per heavy atom. The molecule has 0 saturated heterocycles. The highest BCUT2D eigenvalue weighted by atomic mass is 79.9. The van der Waals surface area contributed by atoms with Gasteiger partial charge in [0.25, 0.3) is 5.91 Å². The molecule has 0 bridgehead atoms. The zero-order chi connectivity index (χ0) is 19.7. The van der Waals surface area contributed by atoms with Gasteiger partial charge >= 0.3 is 0 Å². The highest BCUT2D eigenvalue weighted by molar-refractivity contribution is 9.10. The summed E-state index contributed by atoms with van der Waals surface area (Å²) in [5, 5.41) is 2.97. The predicted molar refractivity (Wildman–Crippen MR) is 113 cm³/mol. The van der Waals surface area contributed by atoms with Crippen molar-refractivity contribution in [1.82, 2.24) is 4.98 Å². The summed E-state index contributed by atoms with van der Waals surface area (Å²) >= 11 is 3.42. The van der Waals surface area contributed by atoms with E-state index in [2.05, 4.69) is 26.2 Å². The third-order valence-electron chi connectivity index (χ3n) is 4.45. The fraction of sp³-hybridized carbons (Fsp3) is 0.0909. The van der Waals surface area contributed by atoms with E-state index in [-0.39, 0.29) is 5.91 Å². The van der Waals surface area contributed by atoms with E-state index in [1.54, 1.807) is 13.2 Å². The molecular weight excluding hydrogens is 420 g/mol. The predicted octanol–water partition coefficient (Wildman–Crippen LogP) is 5.83. The summed E-state index contributed by atoms with van der Waals surface area (Å²) < 4.78 is 11.8. The molecule has 5 nitrogen and oxygen atoms in total. The number of amides is 1. The van der Waals surface area contributed by atoms with Crippen molar-refractivity contribution >= 4 is 38.6 Å². The van der Waals surface area contributed by atoms with Crippen LogP contribution in [0.4, 0.5) is 5.69 Å². The number of fused-ring (bicyclic) bond motifs is 1. The van der Waals surface area contributed by atoms with Crippen LogP contribution in [0.15, 0.2) is 69.6 Å². The summed E-state index contributed by atoms with van der Waals surface area (Å²) in [4.78, 5) is 17.2. The maximum atomic E-state index is 12.7. The van der Waals surface area contributed by atoms with E-state index < -0.39 is 0 Å². The van der Waals surface area contributed by atoms with Gasteiger partial charge in [0.2, 0.25) is 5.89 Å². The number of halogens is 1. The molecule has 4 aromatic rings. The molecule has 6 heteroatoms. The average molecular weight is 437 g/mol. The maximum absolute atomic E-state index is 12.7. The molecule has 28 heavy (non-hydrogen) atoms. The van der Waals surface area contributed by atoms with E-state index in [1.165, 1.54) is 0 Å². The van der Waals surface area contributed by atoms with Crippen LogP contribution in [0, 0.1) is 6.92 Å². The van der Waals surface area contributed by atoms with Crippen LogP contribution in [-0.2, 0) is 0 Å². The monoisotopic (exact) mass is 436 g/mol. The van der Waals surface area contributed by atoms with Crippen LogP contribution in [-0.4, -0.2) is 18.0 Å². The molecule has 0 atom stereocenters. The molecule has 0 spiro atoms. The normalized spacial score (nSPS) is 10.8. The van der Waals surface area contributed by atoms with Gasteiger partial charge in [0.05, 0.1) is 12.7 Å². The second-order valence-corrected chi connectivity index (χ2v) is 7.17. The van der Waals surface area contributed by atoms with E-state index in [9.17, 15) is 4.79 Å². The Kier molecular flexibility index (Phi) is 4.88. The lowest BCUT2D eigenvalue weighted by Gasteiger charge is -2.10. The summed E-state index contributed by atoms with van der Waals surface area (Å²) in [6, 6.07) is 18.5.